The third kappa shape index (κ3) is 6.70. The van der Waals surface area contributed by atoms with Gasteiger partial charge in [-0.2, -0.15) is 0 Å². The van der Waals surface area contributed by atoms with Crippen molar-refractivity contribution in [1.82, 2.24) is 15.0 Å². The van der Waals surface area contributed by atoms with E-state index in [4.69, 9.17) is 19.4 Å². The predicted octanol–water partition coefficient (Wildman–Crippen LogP) is 18.1. The lowest BCUT2D eigenvalue weighted by Crippen LogP contribution is -2.00. The first-order chi connectivity index (χ1) is 34.7. The zero-order valence-corrected chi connectivity index (χ0v) is 38.5. The molecule has 0 aliphatic carbocycles. The SMILES string of the molecule is c1ccc(-c2ccc3c(-c4cccc5oc6cc(-c7nc(-c8ccccc8)nc(-c8cccc9sc%10cccc(-c%11cccc%12cc(-c%13ccccc%13)ccc%11%12)c%10c89)n7)ccc6c45)cccc3c2)cc1. The number of benzene rings is 11. The van der Waals surface area contributed by atoms with Crippen molar-refractivity contribution in [2.45, 2.75) is 0 Å². The van der Waals surface area contributed by atoms with Crippen LogP contribution in [0.5, 0.6) is 0 Å². The van der Waals surface area contributed by atoms with Gasteiger partial charge < -0.3 is 4.42 Å². The summed E-state index contributed by atoms with van der Waals surface area (Å²) in [6.07, 6.45) is 0. The van der Waals surface area contributed by atoms with Gasteiger partial charge in [-0.1, -0.05) is 194 Å². The minimum Gasteiger partial charge on any atom is -0.456 e. The molecule has 14 aromatic rings. The molecule has 4 nitrogen and oxygen atoms in total. The van der Waals surface area contributed by atoms with Crippen LogP contribution >= 0.6 is 11.3 Å². The van der Waals surface area contributed by atoms with Gasteiger partial charge in [0.1, 0.15) is 11.2 Å². The monoisotopic (exact) mass is 909 g/mol. The highest BCUT2D eigenvalue weighted by Crippen LogP contribution is 2.46. The Labute approximate surface area is 407 Å². The molecule has 0 saturated carbocycles. The summed E-state index contributed by atoms with van der Waals surface area (Å²) in [5.41, 5.74) is 13.8. The summed E-state index contributed by atoms with van der Waals surface area (Å²) in [6.45, 7) is 0. The minimum atomic E-state index is 0.578. The number of hydrogen-bond donors (Lipinski definition) is 0. The number of nitrogens with zero attached hydrogens (tertiary/aromatic N) is 3. The van der Waals surface area contributed by atoms with Crippen LogP contribution in [0.4, 0.5) is 0 Å². The van der Waals surface area contributed by atoms with Crippen LogP contribution in [-0.2, 0) is 0 Å². The van der Waals surface area contributed by atoms with Crippen molar-refractivity contribution in [3.63, 3.8) is 0 Å². The third-order valence-electron chi connectivity index (χ3n) is 13.7. The molecular formula is C65H39N3OS. The molecular weight excluding hydrogens is 871 g/mol. The van der Waals surface area contributed by atoms with Gasteiger partial charge in [0.05, 0.1) is 0 Å². The Morgan fingerprint density at radius 1 is 0.271 bits per heavy atom. The molecule has 0 spiro atoms. The van der Waals surface area contributed by atoms with Gasteiger partial charge in [0.15, 0.2) is 17.5 Å². The van der Waals surface area contributed by atoms with Crippen LogP contribution < -0.4 is 0 Å². The Balaban J connectivity index is 0.917. The molecule has 0 radical (unpaired) electrons. The molecule has 14 rings (SSSR count). The van der Waals surface area contributed by atoms with E-state index in [0.29, 0.717) is 17.5 Å². The molecule has 0 unspecified atom stereocenters. The van der Waals surface area contributed by atoms with Gasteiger partial charge in [-0.15, -0.1) is 11.3 Å². The first-order valence-electron chi connectivity index (χ1n) is 23.6. The van der Waals surface area contributed by atoms with Crippen LogP contribution in [0.1, 0.15) is 0 Å². The van der Waals surface area contributed by atoms with Crippen molar-refractivity contribution in [3.8, 4) is 78.7 Å². The van der Waals surface area contributed by atoms with E-state index in [9.17, 15) is 0 Å². The van der Waals surface area contributed by atoms with Crippen LogP contribution in [-0.4, -0.2) is 15.0 Å². The molecule has 0 aliphatic rings. The number of thiophene rings is 1. The topological polar surface area (TPSA) is 51.8 Å². The summed E-state index contributed by atoms with van der Waals surface area (Å²) >= 11 is 1.80. The summed E-state index contributed by atoms with van der Waals surface area (Å²) in [4.78, 5) is 15.8. The largest absolute Gasteiger partial charge is 0.456 e. The van der Waals surface area contributed by atoms with Gasteiger partial charge in [-0.05, 0) is 109 Å². The van der Waals surface area contributed by atoms with E-state index in [1.807, 2.05) is 18.2 Å². The third-order valence-corrected chi connectivity index (χ3v) is 14.9. The molecule has 0 atom stereocenters. The summed E-state index contributed by atoms with van der Waals surface area (Å²) in [5.74, 6) is 1.81. The molecule has 5 heteroatoms. The molecule has 0 aliphatic heterocycles. The normalized spacial score (nSPS) is 11.7. The van der Waals surface area contributed by atoms with Gasteiger partial charge in [0.25, 0.3) is 0 Å². The van der Waals surface area contributed by atoms with Gasteiger partial charge in [0, 0.05) is 47.6 Å². The number of furan rings is 1. The standard InChI is InChI=1S/C65H39N3OS/c1-4-15-40(16-5-1)43-31-34-48-45(37-43)21-10-23-50(48)52-25-12-28-56-60(52)54-36-33-47(39-57(54)69-56)64-66-63(42-19-8-3-9-20-42)67-65(68-64)55-27-14-30-59-62(55)61-53(26-13-29-58(61)70-59)51-24-11-22-46-38-44(32-35-49(46)51)41-17-6-2-7-18-41/h1-39H. The maximum atomic E-state index is 6.74. The molecule has 0 bridgehead atoms. The van der Waals surface area contributed by atoms with Crippen molar-refractivity contribution < 1.29 is 4.42 Å². The van der Waals surface area contributed by atoms with Crippen molar-refractivity contribution in [3.05, 3.63) is 237 Å². The summed E-state index contributed by atoms with van der Waals surface area (Å²) < 4.78 is 9.13. The fourth-order valence-corrected chi connectivity index (χ4v) is 11.6. The lowest BCUT2D eigenvalue weighted by Gasteiger charge is -2.12. The Morgan fingerprint density at radius 2 is 0.729 bits per heavy atom. The Kier molecular flexibility index (Phi) is 9.36. The highest BCUT2D eigenvalue weighted by atomic mass is 32.1. The number of hydrogen-bond acceptors (Lipinski definition) is 5. The second kappa shape index (κ2) is 16.3. The molecule has 0 N–H and O–H groups in total. The second-order valence-electron chi connectivity index (χ2n) is 17.8. The zero-order valence-electron chi connectivity index (χ0n) is 37.7. The van der Waals surface area contributed by atoms with E-state index < -0.39 is 0 Å². The molecule has 0 amide bonds. The van der Waals surface area contributed by atoms with E-state index in [0.717, 1.165) is 49.6 Å². The summed E-state index contributed by atoms with van der Waals surface area (Å²) in [6, 6.07) is 84.0. The Bertz CT molecular complexity index is 4350. The maximum absolute atomic E-state index is 6.74. The zero-order chi connectivity index (χ0) is 46.1. The minimum absolute atomic E-state index is 0.578. The van der Waals surface area contributed by atoms with Gasteiger partial charge >= 0.3 is 0 Å². The molecule has 70 heavy (non-hydrogen) atoms. The highest BCUT2D eigenvalue weighted by molar-refractivity contribution is 7.26. The van der Waals surface area contributed by atoms with Crippen LogP contribution in [0, 0.1) is 0 Å². The number of rotatable bonds is 7. The van der Waals surface area contributed by atoms with Crippen LogP contribution in [0.3, 0.4) is 0 Å². The molecule has 0 fully saturated rings. The molecule has 11 aromatic carbocycles. The fraction of sp³-hybridized carbons (Fsp3) is 0. The van der Waals surface area contributed by atoms with Crippen molar-refractivity contribution in [2.24, 2.45) is 0 Å². The average Bonchev–Trinajstić information content (AvgIpc) is 4.02. The highest BCUT2D eigenvalue weighted by Gasteiger charge is 2.21. The molecule has 0 saturated heterocycles. The Hall–Kier alpha value is -9.03. The predicted molar refractivity (Wildman–Crippen MR) is 293 cm³/mol. The van der Waals surface area contributed by atoms with Gasteiger partial charge in [0.2, 0.25) is 0 Å². The van der Waals surface area contributed by atoms with E-state index >= 15 is 0 Å². The quantitative estimate of drug-likeness (QED) is 0.160. The van der Waals surface area contributed by atoms with Crippen molar-refractivity contribution in [1.29, 1.82) is 0 Å². The van der Waals surface area contributed by atoms with E-state index in [-0.39, 0.29) is 0 Å². The maximum Gasteiger partial charge on any atom is 0.164 e. The molecule has 3 heterocycles. The van der Waals surface area contributed by atoms with Crippen LogP contribution in [0.2, 0.25) is 0 Å². The van der Waals surface area contributed by atoms with Crippen LogP contribution in [0.15, 0.2) is 241 Å². The Morgan fingerprint density at radius 3 is 1.34 bits per heavy atom. The first kappa shape index (κ1) is 40.1. The van der Waals surface area contributed by atoms with E-state index in [2.05, 4.69) is 218 Å². The van der Waals surface area contributed by atoms with Gasteiger partial charge in [-0.25, -0.2) is 15.0 Å². The van der Waals surface area contributed by atoms with Crippen molar-refractivity contribution >= 4 is 75.0 Å². The first-order valence-corrected chi connectivity index (χ1v) is 24.4. The van der Waals surface area contributed by atoms with E-state index in [1.54, 1.807) is 11.3 Å². The van der Waals surface area contributed by atoms with Crippen LogP contribution in [0.25, 0.3) is 142 Å². The lowest BCUT2D eigenvalue weighted by atomic mass is 9.92. The molecule has 326 valence electrons. The average molecular weight is 910 g/mol. The van der Waals surface area contributed by atoms with Gasteiger partial charge in [-0.3, -0.25) is 0 Å². The number of aromatic nitrogens is 3. The summed E-state index contributed by atoms with van der Waals surface area (Å²) in [7, 11) is 0. The second-order valence-corrected chi connectivity index (χ2v) is 18.9. The molecule has 3 aromatic heterocycles. The fourth-order valence-electron chi connectivity index (χ4n) is 10.5. The summed E-state index contributed by atoms with van der Waals surface area (Å²) in [5, 5.41) is 9.26. The van der Waals surface area contributed by atoms with E-state index in [1.165, 1.54) is 75.3 Å². The lowest BCUT2D eigenvalue weighted by molar-refractivity contribution is 0.669. The smallest absolute Gasteiger partial charge is 0.164 e. The van der Waals surface area contributed by atoms with Crippen molar-refractivity contribution in [2.75, 3.05) is 0 Å². The number of fused-ring (bicyclic) bond motifs is 8.